The number of hydrogen-bond acceptors (Lipinski definition) is 3. The van der Waals surface area contributed by atoms with Crippen LogP contribution in [0.4, 0.5) is 19.0 Å². The Morgan fingerprint density at radius 1 is 1.47 bits per heavy atom. The molecule has 0 bridgehead atoms. The first-order valence-electron chi connectivity index (χ1n) is 5.45. The Bertz CT molecular complexity index is 392. The molecule has 1 aromatic heterocycles. The molecule has 1 unspecified atom stereocenters. The summed E-state index contributed by atoms with van der Waals surface area (Å²) >= 11 is 0. The highest BCUT2D eigenvalue weighted by atomic mass is 19.4. The van der Waals surface area contributed by atoms with E-state index < -0.39 is 12.1 Å². The molecule has 2 heterocycles. The molecule has 1 fully saturated rings. The van der Waals surface area contributed by atoms with Crippen molar-refractivity contribution in [3.8, 4) is 0 Å². The summed E-state index contributed by atoms with van der Waals surface area (Å²) in [4.78, 5) is 5.69. The molecule has 3 nitrogen and oxygen atoms in total. The molecule has 0 saturated carbocycles. The molecule has 2 N–H and O–H groups in total. The van der Waals surface area contributed by atoms with E-state index in [0.717, 1.165) is 5.56 Å². The van der Waals surface area contributed by atoms with Crippen LogP contribution in [-0.4, -0.2) is 29.1 Å². The van der Waals surface area contributed by atoms with Gasteiger partial charge in [-0.15, -0.1) is 0 Å². The van der Waals surface area contributed by atoms with E-state index in [9.17, 15) is 13.2 Å². The lowest BCUT2D eigenvalue weighted by Crippen LogP contribution is -2.27. The lowest BCUT2D eigenvalue weighted by molar-refractivity contribution is -0.170. The van der Waals surface area contributed by atoms with Gasteiger partial charge in [0.05, 0.1) is 5.92 Å². The molecular weight excluding hydrogens is 231 g/mol. The average Bonchev–Trinajstić information content (AvgIpc) is 2.69. The summed E-state index contributed by atoms with van der Waals surface area (Å²) < 4.78 is 37.5. The molecule has 0 amide bonds. The number of nitrogens with zero attached hydrogens (tertiary/aromatic N) is 2. The Morgan fingerprint density at radius 3 is 2.82 bits per heavy atom. The van der Waals surface area contributed by atoms with Gasteiger partial charge >= 0.3 is 6.18 Å². The van der Waals surface area contributed by atoms with Crippen molar-refractivity contribution < 1.29 is 13.2 Å². The van der Waals surface area contributed by atoms with Crippen LogP contribution in [0.15, 0.2) is 18.3 Å². The Kier molecular flexibility index (Phi) is 3.24. The number of aromatic nitrogens is 1. The van der Waals surface area contributed by atoms with Gasteiger partial charge in [-0.1, -0.05) is 6.07 Å². The quantitative estimate of drug-likeness (QED) is 0.867. The zero-order chi connectivity index (χ0) is 12.5. The summed E-state index contributed by atoms with van der Waals surface area (Å²) in [5.74, 6) is -0.816. The van der Waals surface area contributed by atoms with Crippen LogP contribution in [0, 0.1) is 5.92 Å². The summed E-state index contributed by atoms with van der Waals surface area (Å²) in [5.41, 5.74) is 6.45. The summed E-state index contributed by atoms with van der Waals surface area (Å²) in [6.07, 6.45) is -2.35. The van der Waals surface area contributed by atoms with Gasteiger partial charge in [-0.05, 0) is 19.0 Å². The van der Waals surface area contributed by atoms with Crippen molar-refractivity contribution in [2.45, 2.75) is 19.1 Å². The Labute approximate surface area is 97.4 Å². The Morgan fingerprint density at radius 2 is 2.24 bits per heavy atom. The van der Waals surface area contributed by atoms with Crippen molar-refractivity contribution in [1.29, 1.82) is 0 Å². The van der Waals surface area contributed by atoms with Crippen molar-refractivity contribution in [1.82, 2.24) is 9.88 Å². The lowest BCUT2D eigenvalue weighted by atomic mass is 10.1. The van der Waals surface area contributed by atoms with E-state index in [1.165, 1.54) is 0 Å². The number of alkyl halides is 3. The van der Waals surface area contributed by atoms with Crippen LogP contribution in [0.3, 0.4) is 0 Å². The highest BCUT2D eigenvalue weighted by Gasteiger charge is 2.43. The van der Waals surface area contributed by atoms with E-state index in [4.69, 9.17) is 5.73 Å². The van der Waals surface area contributed by atoms with Crippen molar-refractivity contribution in [2.24, 2.45) is 5.92 Å². The molecule has 94 valence electrons. The highest BCUT2D eigenvalue weighted by Crippen LogP contribution is 2.34. The van der Waals surface area contributed by atoms with Crippen LogP contribution in [0.2, 0.25) is 0 Å². The zero-order valence-electron chi connectivity index (χ0n) is 9.24. The van der Waals surface area contributed by atoms with Crippen LogP contribution < -0.4 is 5.73 Å². The maximum atomic E-state index is 12.5. The molecule has 1 atom stereocenters. The highest BCUT2D eigenvalue weighted by molar-refractivity contribution is 5.38. The van der Waals surface area contributed by atoms with Gasteiger partial charge in [0, 0.05) is 24.8 Å². The van der Waals surface area contributed by atoms with Gasteiger partial charge in [0.25, 0.3) is 0 Å². The van der Waals surface area contributed by atoms with Crippen LogP contribution in [0.25, 0.3) is 0 Å². The third-order valence-electron chi connectivity index (χ3n) is 3.06. The normalized spacial score (nSPS) is 21.9. The predicted octanol–water partition coefficient (Wildman–Crippen LogP) is 2.05. The maximum absolute atomic E-state index is 12.5. The third kappa shape index (κ3) is 2.88. The fourth-order valence-electron chi connectivity index (χ4n) is 2.07. The number of anilines is 1. The number of likely N-dealkylation sites (tertiary alicyclic amines) is 1. The minimum absolute atomic E-state index is 0.0534. The number of nitrogens with two attached hydrogens (primary N) is 1. The minimum Gasteiger partial charge on any atom is -0.383 e. The monoisotopic (exact) mass is 245 g/mol. The van der Waals surface area contributed by atoms with Crippen LogP contribution in [-0.2, 0) is 6.54 Å². The second kappa shape index (κ2) is 4.52. The van der Waals surface area contributed by atoms with Crippen molar-refractivity contribution in [2.75, 3.05) is 18.8 Å². The van der Waals surface area contributed by atoms with Gasteiger partial charge in [0.2, 0.25) is 0 Å². The van der Waals surface area contributed by atoms with Gasteiger partial charge in [-0.25, -0.2) is 4.98 Å². The average molecular weight is 245 g/mol. The molecule has 2 rings (SSSR count). The molecule has 0 radical (unpaired) electrons. The Hall–Kier alpha value is -1.30. The molecule has 1 saturated heterocycles. The van der Waals surface area contributed by atoms with E-state index in [1.807, 2.05) is 0 Å². The van der Waals surface area contributed by atoms with Gasteiger partial charge in [-0.3, -0.25) is 4.90 Å². The number of nitrogen functional groups attached to an aromatic ring is 1. The SMILES string of the molecule is Nc1ncccc1CN1CCC(C(F)(F)F)C1. The fourth-order valence-corrected chi connectivity index (χ4v) is 2.07. The number of pyridine rings is 1. The molecule has 1 aliphatic heterocycles. The summed E-state index contributed by atoms with van der Waals surface area (Å²) in [6.45, 7) is 0.947. The smallest absolute Gasteiger partial charge is 0.383 e. The van der Waals surface area contributed by atoms with Crippen LogP contribution in [0.5, 0.6) is 0 Å². The van der Waals surface area contributed by atoms with E-state index >= 15 is 0 Å². The zero-order valence-corrected chi connectivity index (χ0v) is 9.24. The largest absolute Gasteiger partial charge is 0.393 e. The molecule has 1 aliphatic rings. The van der Waals surface area contributed by atoms with E-state index in [1.54, 1.807) is 23.2 Å². The number of rotatable bonds is 2. The number of halogens is 3. The topological polar surface area (TPSA) is 42.1 Å². The van der Waals surface area contributed by atoms with E-state index in [-0.39, 0.29) is 13.0 Å². The molecular formula is C11H14F3N3. The van der Waals surface area contributed by atoms with Crippen molar-refractivity contribution in [3.05, 3.63) is 23.9 Å². The minimum atomic E-state index is -4.09. The van der Waals surface area contributed by atoms with Crippen LogP contribution in [0.1, 0.15) is 12.0 Å². The first kappa shape index (κ1) is 12.2. The first-order chi connectivity index (χ1) is 7.97. The summed E-state index contributed by atoms with van der Waals surface area (Å²) in [5, 5.41) is 0. The third-order valence-corrected chi connectivity index (χ3v) is 3.06. The molecule has 6 heteroatoms. The lowest BCUT2D eigenvalue weighted by Gasteiger charge is -2.18. The summed E-state index contributed by atoms with van der Waals surface area (Å²) in [7, 11) is 0. The predicted molar refractivity (Wildman–Crippen MR) is 58.1 cm³/mol. The van der Waals surface area contributed by atoms with Crippen molar-refractivity contribution >= 4 is 5.82 Å². The fraction of sp³-hybridized carbons (Fsp3) is 0.545. The van der Waals surface area contributed by atoms with Gasteiger partial charge in [0.15, 0.2) is 0 Å². The maximum Gasteiger partial charge on any atom is 0.393 e. The second-order valence-electron chi connectivity index (χ2n) is 4.31. The number of hydrogen-bond donors (Lipinski definition) is 1. The Balaban J connectivity index is 1.97. The van der Waals surface area contributed by atoms with Gasteiger partial charge in [0.1, 0.15) is 5.82 Å². The van der Waals surface area contributed by atoms with E-state index in [0.29, 0.717) is 18.9 Å². The van der Waals surface area contributed by atoms with Crippen molar-refractivity contribution in [3.63, 3.8) is 0 Å². The van der Waals surface area contributed by atoms with Crippen LogP contribution >= 0.6 is 0 Å². The standard InChI is InChI=1S/C11H14F3N3/c12-11(13,14)9-3-5-17(7-9)6-8-2-1-4-16-10(8)15/h1-2,4,9H,3,5-7H2,(H2,15,16). The molecule has 0 spiro atoms. The molecule has 1 aromatic rings. The van der Waals surface area contributed by atoms with Gasteiger partial charge < -0.3 is 5.73 Å². The molecule has 0 aromatic carbocycles. The first-order valence-corrected chi connectivity index (χ1v) is 5.45. The molecule has 0 aliphatic carbocycles. The van der Waals surface area contributed by atoms with E-state index in [2.05, 4.69) is 4.98 Å². The molecule has 17 heavy (non-hydrogen) atoms. The summed E-state index contributed by atoms with van der Waals surface area (Å²) in [6, 6.07) is 3.53. The second-order valence-corrected chi connectivity index (χ2v) is 4.31. The van der Waals surface area contributed by atoms with Gasteiger partial charge in [-0.2, -0.15) is 13.2 Å².